The summed E-state index contributed by atoms with van der Waals surface area (Å²) in [4.78, 5) is 20.5. The first-order valence-corrected chi connectivity index (χ1v) is 10.5. The number of pyridine rings is 1. The van der Waals surface area contributed by atoms with Gasteiger partial charge < -0.3 is 10.2 Å². The molecule has 1 aliphatic heterocycles. The molecule has 0 radical (unpaired) electrons. The number of rotatable bonds is 4. The van der Waals surface area contributed by atoms with Gasteiger partial charge in [-0.2, -0.15) is 0 Å². The molecule has 4 heteroatoms. The molecule has 0 saturated carbocycles. The Balaban J connectivity index is 1.76. The van der Waals surface area contributed by atoms with E-state index >= 15 is 0 Å². The van der Waals surface area contributed by atoms with Crippen molar-refractivity contribution >= 4 is 16.8 Å². The number of piperidine rings is 1. The second-order valence-corrected chi connectivity index (χ2v) is 8.17. The van der Waals surface area contributed by atoms with Crippen LogP contribution < -0.4 is 5.32 Å². The number of nitrogens with one attached hydrogen (secondary N) is 1. The maximum Gasteiger partial charge on any atom is 0.254 e. The first-order chi connectivity index (χ1) is 14.1. The zero-order valence-corrected chi connectivity index (χ0v) is 17.5. The lowest BCUT2D eigenvalue weighted by atomic mass is 9.95. The van der Waals surface area contributed by atoms with Crippen LogP contribution >= 0.6 is 0 Å². The molecule has 0 aliphatic carbocycles. The maximum absolute atomic E-state index is 13.5. The van der Waals surface area contributed by atoms with Crippen LogP contribution in [0, 0.1) is 19.8 Å². The van der Waals surface area contributed by atoms with Crippen LogP contribution in [-0.2, 0) is 0 Å². The fourth-order valence-electron chi connectivity index (χ4n) is 4.22. The lowest BCUT2D eigenvalue weighted by Gasteiger charge is -2.32. The van der Waals surface area contributed by atoms with Gasteiger partial charge in [-0.25, -0.2) is 4.98 Å². The minimum atomic E-state index is 0.126. The highest BCUT2D eigenvalue weighted by atomic mass is 16.2. The Kier molecular flexibility index (Phi) is 5.63. The van der Waals surface area contributed by atoms with Crippen LogP contribution in [0.4, 0.5) is 0 Å². The highest BCUT2D eigenvalue weighted by Crippen LogP contribution is 2.29. The van der Waals surface area contributed by atoms with Gasteiger partial charge in [0.2, 0.25) is 0 Å². The maximum atomic E-state index is 13.5. The van der Waals surface area contributed by atoms with Gasteiger partial charge in [-0.05, 0) is 75.5 Å². The van der Waals surface area contributed by atoms with Gasteiger partial charge in [-0.15, -0.1) is 0 Å². The predicted octanol–water partition coefficient (Wildman–Crippen LogP) is 4.59. The Morgan fingerprint density at radius 3 is 2.45 bits per heavy atom. The molecule has 0 bridgehead atoms. The number of hydrogen-bond donors (Lipinski definition) is 1. The van der Waals surface area contributed by atoms with Crippen LogP contribution in [0.2, 0.25) is 0 Å². The monoisotopic (exact) mass is 387 g/mol. The van der Waals surface area contributed by atoms with Crippen molar-refractivity contribution in [1.82, 2.24) is 15.2 Å². The second kappa shape index (κ2) is 8.34. The SMILES string of the molecule is CNCC1CCN(C(=O)c2cc(-c3ccccc3)nc3cc(C)c(C)cc23)CC1. The fourth-order valence-corrected chi connectivity index (χ4v) is 4.22. The van der Waals surface area contributed by atoms with E-state index in [0.717, 1.165) is 60.2 Å². The minimum Gasteiger partial charge on any atom is -0.339 e. The summed E-state index contributed by atoms with van der Waals surface area (Å²) in [6, 6.07) is 16.3. The summed E-state index contributed by atoms with van der Waals surface area (Å²) in [6.45, 7) is 6.86. The molecule has 4 nitrogen and oxygen atoms in total. The second-order valence-electron chi connectivity index (χ2n) is 8.17. The van der Waals surface area contributed by atoms with E-state index in [2.05, 4.69) is 31.3 Å². The van der Waals surface area contributed by atoms with Crippen molar-refractivity contribution in [2.75, 3.05) is 26.7 Å². The molecule has 3 aromatic rings. The van der Waals surface area contributed by atoms with E-state index in [0.29, 0.717) is 5.92 Å². The lowest BCUT2D eigenvalue weighted by molar-refractivity contribution is 0.0693. The number of amides is 1. The molecule has 2 heterocycles. The van der Waals surface area contributed by atoms with Crippen LogP contribution in [0.25, 0.3) is 22.2 Å². The lowest BCUT2D eigenvalue weighted by Crippen LogP contribution is -2.40. The summed E-state index contributed by atoms with van der Waals surface area (Å²) in [7, 11) is 2.00. The number of hydrogen-bond acceptors (Lipinski definition) is 3. The Bertz CT molecular complexity index is 1020. The van der Waals surface area contributed by atoms with Gasteiger partial charge in [0.25, 0.3) is 5.91 Å². The zero-order chi connectivity index (χ0) is 20.4. The van der Waals surface area contributed by atoms with E-state index in [4.69, 9.17) is 4.98 Å². The molecule has 1 N–H and O–H groups in total. The molecule has 1 amide bonds. The van der Waals surface area contributed by atoms with Crippen molar-refractivity contribution in [2.45, 2.75) is 26.7 Å². The van der Waals surface area contributed by atoms with E-state index in [1.54, 1.807) is 0 Å². The Hall–Kier alpha value is -2.72. The third-order valence-corrected chi connectivity index (χ3v) is 6.12. The minimum absolute atomic E-state index is 0.126. The fraction of sp³-hybridized carbons (Fsp3) is 0.360. The van der Waals surface area contributed by atoms with Crippen LogP contribution in [0.1, 0.15) is 34.3 Å². The molecular weight excluding hydrogens is 358 g/mol. The number of aryl methyl sites for hydroxylation is 2. The standard InChI is InChI=1S/C25H29N3O/c1-17-13-21-22(25(29)28-11-9-19(10-12-28)16-26-3)15-23(20-7-5-4-6-8-20)27-24(21)14-18(17)2/h4-8,13-15,19,26H,9-12,16H2,1-3H3. The third-order valence-electron chi connectivity index (χ3n) is 6.12. The van der Waals surface area contributed by atoms with Gasteiger partial charge in [0.05, 0.1) is 16.8 Å². The molecule has 29 heavy (non-hydrogen) atoms. The Morgan fingerprint density at radius 2 is 1.76 bits per heavy atom. The highest BCUT2D eigenvalue weighted by Gasteiger charge is 2.25. The van der Waals surface area contributed by atoms with Crippen molar-refractivity contribution < 1.29 is 4.79 Å². The average Bonchev–Trinajstić information content (AvgIpc) is 2.75. The number of fused-ring (bicyclic) bond motifs is 1. The summed E-state index contributed by atoms with van der Waals surface area (Å²) in [5.74, 6) is 0.781. The smallest absolute Gasteiger partial charge is 0.254 e. The third kappa shape index (κ3) is 4.03. The average molecular weight is 388 g/mol. The summed E-state index contributed by atoms with van der Waals surface area (Å²) >= 11 is 0. The van der Waals surface area contributed by atoms with Crippen molar-refractivity contribution in [3.8, 4) is 11.3 Å². The number of benzene rings is 2. The summed E-state index contributed by atoms with van der Waals surface area (Å²) in [5, 5.41) is 4.22. The molecule has 0 unspecified atom stereocenters. The molecule has 0 atom stereocenters. The zero-order valence-electron chi connectivity index (χ0n) is 17.5. The molecular formula is C25H29N3O. The van der Waals surface area contributed by atoms with E-state index in [1.165, 1.54) is 11.1 Å². The van der Waals surface area contributed by atoms with E-state index in [-0.39, 0.29) is 5.91 Å². The normalized spacial score (nSPS) is 15.1. The van der Waals surface area contributed by atoms with Gasteiger partial charge in [0, 0.05) is 24.0 Å². The molecule has 1 fully saturated rings. The van der Waals surface area contributed by atoms with Crippen LogP contribution in [0.5, 0.6) is 0 Å². The number of likely N-dealkylation sites (tertiary alicyclic amines) is 1. The number of carbonyl (C=O) groups is 1. The molecule has 1 saturated heterocycles. The van der Waals surface area contributed by atoms with Crippen LogP contribution in [0.3, 0.4) is 0 Å². The quantitative estimate of drug-likeness (QED) is 0.712. The van der Waals surface area contributed by atoms with E-state index in [1.807, 2.05) is 48.3 Å². The number of aromatic nitrogens is 1. The summed E-state index contributed by atoms with van der Waals surface area (Å²) < 4.78 is 0. The Labute approximate surface area is 173 Å². The topological polar surface area (TPSA) is 45.2 Å². The number of carbonyl (C=O) groups excluding carboxylic acids is 1. The van der Waals surface area contributed by atoms with Gasteiger partial charge in [-0.3, -0.25) is 4.79 Å². The van der Waals surface area contributed by atoms with Crippen molar-refractivity contribution in [1.29, 1.82) is 0 Å². The van der Waals surface area contributed by atoms with Gasteiger partial charge in [-0.1, -0.05) is 30.3 Å². The van der Waals surface area contributed by atoms with Gasteiger partial charge in [0.1, 0.15) is 0 Å². The van der Waals surface area contributed by atoms with Crippen LogP contribution in [0.15, 0.2) is 48.5 Å². The van der Waals surface area contributed by atoms with Gasteiger partial charge in [0.15, 0.2) is 0 Å². The van der Waals surface area contributed by atoms with Crippen molar-refractivity contribution in [3.63, 3.8) is 0 Å². The van der Waals surface area contributed by atoms with Crippen molar-refractivity contribution in [3.05, 3.63) is 65.2 Å². The molecule has 0 spiro atoms. The molecule has 1 aromatic heterocycles. The van der Waals surface area contributed by atoms with Gasteiger partial charge >= 0.3 is 0 Å². The van der Waals surface area contributed by atoms with E-state index in [9.17, 15) is 4.79 Å². The molecule has 1 aliphatic rings. The van der Waals surface area contributed by atoms with Crippen LogP contribution in [-0.4, -0.2) is 42.5 Å². The molecule has 2 aromatic carbocycles. The first-order valence-electron chi connectivity index (χ1n) is 10.5. The predicted molar refractivity (Wildman–Crippen MR) is 119 cm³/mol. The highest BCUT2D eigenvalue weighted by molar-refractivity contribution is 6.07. The molecule has 150 valence electrons. The summed E-state index contributed by atoms with van der Waals surface area (Å²) in [6.07, 6.45) is 2.11. The van der Waals surface area contributed by atoms with E-state index < -0.39 is 0 Å². The first kappa shape index (κ1) is 19.6. The Morgan fingerprint density at radius 1 is 1.07 bits per heavy atom. The largest absolute Gasteiger partial charge is 0.339 e. The number of nitrogens with zero attached hydrogens (tertiary/aromatic N) is 2. The molecule has 4 rings (SSSR count). The summed E-state index contributed by atoms with van der Waals surface area (Å²) in [5.41, 5.74) is 5.94. The van der Waals surface area contributed by atoms with Crippen molar-refractivity contribution in [2.24, 2.45) is 5.92 Å².